The molecule has 1 N–H and O–H groups in total. The molecule has 3 nitrogen and oxygen atoms in total. The quantitative estimate of drug-likeness (QED) is 0.853. The van der Waals surface area contributed by atoms with E-state index in [4.69, 9.17) is 5.11 Å². The smallest absolute Gasteiger partial charge is 0.336 e. The van der Waals surface area contributed by atoms with Crippen molar-refractivity contribution in [2.24, 2.45) is 0 Å². The lowest BCUT2D eigenvalue weighted by atomic mass is 9.92. The highest BCUT2D eigenvalue weighted by Crippen LogP contribution is 2.21. The fourth-order valence-corrected chi connectivity index (χ4v) is 2.13. The van der Waals surface area contributed by atoms with Crippen molar-refractivity contribution in [3.63, 3.8) is 0 Å². The molecule has 0 aliphatic heterocycles. The van der Waals surface area contributed by atoms with E-state index in [2.05, 4.69) is 0 Å². The number of carboxylic acids is 1. The number of carbonyl (C=O) groups is 2. The van der Waals surface area contributed by atoms with Gasteiger partial charge in [0.05, 0.1) is 5.56 Å². The minimum Gasteiger partial charge on any atom is -0.478 e. The number of aromatic carboxylic acids is 1. The molecule has 0 amide bonds. The molecule has 0 radical (unpaired) electrons. The summed E-state index contributed by atoms with van der Waals surface area (Å²) in [5.41, 5.74) is 3.09. The van der Waals surface area contributed by atoms with E-state index in [-0.39, 0.29) is 11.1 Å². The van der Waals surface area contributed by atoms with Gasteiger partial charge in [0.1, 0.15) is 0 Å². The van der Waals surface area contributed by atoms with Gasteiger partial charge in [0.2, 0.25) is 0 Å². The minimum atomic E-state index is -1.07. The maximum atomic E-state index is 11.2. The van der Waals surface area contributed by atoms with Crippen molar-refractivity contribution in [3.8, 4) is 0 Å². The Morgan fingerprint density at radius 3 is 2.42 bits per heavy atom. The number of carboxylic acid groups (broad SMARTS) is 1. The molecule has 0 unspecified atom stereocenters. The first-order valence-electron chi connectivity index (χ1n) is 5.98. The van der Waals surface area contributed by atoms with Gasteiger partial charge in [-0.3, -0.25) is 4.79 Å². The molecule has 0 saturated carbocycles. The van der Waals surface area contributed by atoms with Gasteiger partial charge in [0, 0.05) is 5.56 Å². The highest BCUT2D eigenvalue weighted by Gasteiger charge is 2.15. The van der Waals surface area contributed by atoms with E-state index in [1.54, 1.807) is 6.07 Å². The molecule has 96 valence electrons. The number of benzene rings is 2. The second kappa shape index (κ2) is 5.48. The first-order chi connectivity index (χ1) is 9.13. The predicted molar refractivity (Wildman–Crippen MR) is 72.8 cm³/mol. The highest BCUT2D eigenvalue weighted by atomic mass is 16.4. The van der Waals surface area contributed by atoms with Gasteiger partial charge < -0.3 is 5.11 Å². The summed E-state index contributed by atoms with van der Waals surface area (Å²) in [6.07, 6.45) is 1.19. The average Bonchev–Trinajstić information content (AvgIpc) is 2.41. The molecule has 3 heteroatoms. The molecule has 2 aromatic carbocycles. The van der Waals surface area contributed by atoms with Crippen LogP contribution in [0.2, 0.25) is 0 Å². The summed E-state index contributed by atoms with van der Waals surface area (Å²) < 4.78 is 0. The first-order valence-corrected chi connectivity index (χ1v) is 5.98. The molecule has 0 aliphatic carbocycles. The Balaban J connectivity index is 2.52. The van der Waals surface area contributed by atoms with Crippen molar-refractivity contribution >= 4 is 12.3 Å². The molecule has 2 aromatic rings. The van der Waals surface area contributed by atoms with E-state index in [0.29, 0.717) is 12.7 Å². The van der Waals surface area contributed by atoms with Crippen molar-refractivity contribution in [2.45, 2.75) is 13.3 Å². The summed E-state index contributed by atoms with van der Waals surface area (Å²) in [6, 6.07) is 12.9. The second-order valence-corrected chi connectivity index (χ2v) is 4.41. The first kappa shape index (κ1) is 13.0. The number of hydrogen-bond acceptors (Lipinski definition) is 2. The van der Waals surface area contributed by atoms with Crippen LogP contribution >= 0.6 is 0 Å². The van der Waals surface area contributed by atoms with E-state index in [9.17, 15) is 9.59 Å². The largest absolute Gasteiger partial charge is 0.478 e. The normalized spacial score (nSPS) is 10.2. The fourth-order valence-electron chi connectivity index (χ4n) is 2.13. The van der Waals surface area contributed by atoms with Crippen LogP contribution in [0.15, 0.2) is 42.5 Å². The molecule has 0 fully saturated rings. The minimum absolute atomic E-state index is 0.0616. The zero-order chi connectivity index (χ0) is 13.8. The van der Waals surface area contributed by atoms with Crippen LogP contribution in [0.5, 0.6) is 0 Å². The van der Waals surface area contributed by atoms with Crippen molar-refractivity contribution < 1.29 is 14.7 Å². The molecule has 0 atom stereocenters. The lowest BCUT2D eigenvalue weighted by Crippen LogP contribution is -2.07. The predicted octanol–water partition coefficient (Wildman–Crippen LogP) is 3.10. The summed E-state index contributed by atoms with van der Waals surface area (Å²) in [6.45, 7) is 1.89. The van der Waals surface area contributed by atoms with Gasteiger partial charge >= 0.3 is 5.97 Å². The second-order valence-electron chi connectivity index (χ2n) is 4.41. The third-order valence-corrected chi connectivity index (χ3v) is 3.16. The van der Waals surface area contributed by atoms with Crippen LogP contribution in [-0.2, 0) is 6.42 Å². The standard InChI is InChI=1S/C16H14O3/c1-11-7-8-13(16(18)19)15(10-17)14(11)9-12-5-3-2-4-6-12/h2-8,10H,9H2,1H3,(H,18,19). The zero-order valence-electron chi connectivity index (χ0n) is 10.6. The SMILES string of the molecule is Cc1ccc(C(=O)O)c(C=O)c1Cc1ccccc1. The zero-order valence-corrected chi connectivity index (χ0v) is 10.6. The topological polar surface area (TPSA) is 54.4 Å². The molecule has 2 rings (SSSR count). The van der Waals surface area contributed by atoms with E-state index in [0.717, 1.165) is 16.7 Å². The number of hydrogen-bond donors (Lipinski definition) is 1. The summed E-state index contributed by atoms with van der Waals surface area (Å²) in [4.78, 5) is 22.4. The fraction of sp³-hybridized carbons (Fsp3) is 0.125. The van der Waals surface area contributed by atoms with Crippen LogP contribution in [-0.4, -0.2) is 17.4 Å². The maximum absolute atomic E-state index is 11.2. The van der Waals surface area contributed by atoms with Crippen LogP contribution in [0.1, 0.15) is 37.4 Å². The molecule has 0 saturated heterocycles. The Morgan fingerprint density at radius 2 is 1.84 bits per heavy atom. The Bertz CT molecular complexity index is 615. The van der Waals surface area contributed by atoms with Gasteiger partial charge in [-0.2, -0.15) is 0 Å². The summed E-state index contributed by atoms with van der Waals surface area (Å²) in [7, 11) is 0. The Labute approximate surface area is 111 Å². The molecule has 0 aliphatic rings. The van der Waals surface area contributed by atoms with Crippen molar-refractivity contribution in [1.82, 2.24) is 0 Å². The third kappa shape index (κ3) is 2.71. The van der Waals surface area contributed by atoms with Gasteiger partial charge in [-0.1, -0.05) is 36.4 Å². The van der Waals surface area contributed by atoms with Gasteiger partial charge in [-0.25, -0.2) is 4.79 Å². The Morgan fingerprint density at radius 1 is 1.16 bits per heavy atom. The Kier molecular flexibility index (Phi) is 3.76. The number of rotatable bonds is 4. The average molecular weight is 254 g/mol. The molecule has 0 bridgehead atoms. The van der Waals surface area contributed by atoms with Crippen molar-refractivity contribution in [2.75, 3.05) is 0 Å². The maximum Gasteiger partial charge on any atom is 0.336 e. The van der Waals surface area contributed by atoms with Crippen LogP contribution in [0.3, 0.4) is 0 Å². The summed E-state index contributed by atoms with van der Waals surface area (Å²) in [5, 5.41) is 9.12. The lowest BCUT2D eigenvalue weighted by molar-refractivity contribution is 0.0694. The van der Waals surface area contributed by atoms with Gasteiger partial charge in [0.15, 0.2) is 6.29 Å². The number of carbonyl (C=O) groups excluding carboxylic acids is 1. The van der Waals surface area contributed by atoms with Crippen LogP contribution in [0.25, 0.3) is 0 Å². The van der Waals surface area contributed by atoms with E-state index in [1.165, 1.54) is 6.07 Å². The van der Waals surface area contributed by atoms with Crippen LogP contribution in [0, 0.1) is 6.92 Å². The molecular weight excluding hydrogens is 240 g/mol. The molecule has 0 spiro atoms. The number of aryl methyl sites for hydroxylation is 1. The van der Waals surface area contributed by atoms with Crippen LogP contribution < -0.4 is 0 Å². The summed E-state index contributed by atoms with van der Waals surface area (Å²) in [5.74, 6) is -1.07. The highest BCUT2D eigenvalue weighted by molar-refractivity contribution is 5.98. The summed E-state index contributed by atoms with van der Waals surface area (Å²) >= 11 is 0. The molecule has 0 heterocycles. The monoisotopic (exact) mass is 254 g/mol. The van der Waals surface area contributed by atoms with Gasteiger partial charge in [-0.15, -0.1) is 0 Å². The Hall–Kier alpha value is -2.42. The van der Waals surface area contributed by atoms with Crippen molar-refractivity contribution in [1.29, 1.82) is 0 Å². The third-order valence-electron chi connectivity index (χ3n) is 3.16. The van der Waals surface area contributed by atoms with Crippen molar-refractivity contribution in [3.05, 3.63) is 70.3 Å². The van der Waals surface area contributed by atoms with Crippen LogP contribution in [0.4, 0.5) is 0 Å². The molecule has 0 aromatic heterocycles. The van der Waals surface area contributed by atoms with Gasteiger partial charge in [-0.05, 0) is 36.1 Å². The lowest BCUT2D eigenvalue weighted by Gasteiger charge is -2.11. The van der Waals surface area contributed by atoms with E-state index < -0.39 is 5.97 Å². The molecular formula is C16H14O3. The molecule has 19 heavy (non-hydrogen) atoms. The van der Waals surface area contributed by atoms with Gasteiger partial charge in [0.25, 0.3) is 0 Å². The van der Waals surface area contributed by atoms with E-state index >= 15 is 0 Å². The van der Waals surface area contributed by atoms with E-state index in [1.807, 2.05) is 37.3 Å². The number of aldehydes is 1.